The van der Waals surface area contributed by atoms with Gasteiger partial charge in [0.1, 0.15) is 5.56 Å². The van der Waals surface area contributed by atoms with Crippen LogP contribution >= 0.6 is 0 Å². The zero-order valence-corrected chi connectivity index (χ0v) is 16.8. The van der Waals surface area contributed by atoms with Gasteiger partial charge in [-0.2, -0.15) is 4.73 Å². The van der Waals surface area contributed by atoms with Crippen LogP contribution in [-0.4, -0.2) is 52.9 Å². The number of carbonyl (C=O) groups excluding carboxylic acids is 2. The summed E-state index contributed by atoms with van der Waals surface area (Å²) in [4.78, 5) is 37.3. The van der Waals surface area contributed by atoms with Gasteiger partial charge in [-0.05, 0) is 29.8 Å². The lowest BCUT2D eigenvalue weighted by atomic mass is 10.1. The third-order valence-corrected chi connectivity index (χ3v) is 5.07. The van der Waals surface area contributed by atoms with Gasteiger partial charge in [-0.25, -0.2) is 9.97 Å². The molecule has 0 radical (unpaired) electrons. The Morgan fingerprint density at radius 3 is 2.39 bits per heavy atom. The van der Waals surface area contributed by atoms with Crippen molar-refractivity contribution in [1.82, 2.24) is 14.9 Å². The first kappa shape index (κ1) is 20.3. The predicted molar refractivity (Wildman–Crippen MR) is 114 cm³/mol. The second-order valence-electron chi connectivity index (χ2n) is 7.20. The van der Waals surface area contributed by atoms with E-state index < -0.39 is 0 Å². The van der Waals surface area contributed by atoms with E-state index in [-0.39, 0.29) is 17.4 Å². The first-order valence-corrected chi connectivity index (χ1v) is 9.97. The number of hydrogen-bond acceptors (Lipinski definition) is 6. The summed E-state index contributed by atoms with van der Waals surface area (Å²) in [5, 5.41) is 14.1. The number of piperazine rings is 1. The highest BCUT2D eigenvalue weighted by Gasteiger charge is 2.22. The van der Waals surface area contributed by atoms with Crippen molar-refractivity contribution in [3.8, 4) is 0 Å². The van der Waals surface area contributed by atoms with Crippen molar-refractivity contribution < 1.29 is 14.3 Å². The minimum atomic E-state index is -0.366. The number of pyridine rings is 1. The fraction of sp³-hybridized carbons (Fsp3) is 0.227. The molecule has 9 nitrogen and oxygen atoms in total. The Hall–Kier alpha value is -4.01. The standard InChI is InChI=1S/C22H22N6O3/c29-20(26-11-13-27(14-12-26)22-23-8-2-9-24-22)15-17-4-6-19(7-5-17)25-21(30)18-3-1-10-28(31)16-18/h1-10,16H,11-15H2,(H,25,30). The van der Waals surface area contributed by atoms with Gasteiger partial charge >= 0.3 is 0 Å². The molecule has 0 atom stereocenters. The molecule has 1 aliphatic heterocycles. The van der Waals surface area contributed by atoms with Crippen LogP contribution in [0.2, 0.25) is 0 Å². The van der Waals surface area contributed by atoms with Crippen LogP contribution in [0.15, 0.2) is 67.3 Å². The normalized spacial score (nSPS) is 13.7. The molecule has 1 aliphatic rings. The monoisotopic (exact) mass is 418 g/mol. The predicted octanol–water partition coefficient (Wildman–Crippen LogP) is 1.25. The van der Waals surface area contributed by atoms with E-state index in [1.807, 2.05) is 17.0 Å². The molecular weight excluding hydrogens is 396 g/mol. The lowest BCUT2D eigenvalue weighted by Crippen LogP contribution is -2.49. The van der Waals surface area contributed by atoms with Crippen molar-refractivity contribution in [2.24, 2.45) is 0 Å². The smallest absolute Gasteiger partial charge is 0.261 e. The van der Waals surface area contributed by atoms with E-state index in [4.69, 9.17) is 0 Å². The van der Waals surface area contributed by atoms with Crippen molar-refractivity contribution in [3.63, 3.8) is 0 Å². The van der Waals surface area contributed by atoms with Gasteiger partial charge in [-0.3, -0.25) is 9.59 Å². The van der Waals surface area contributed by atoms with Crippen LogP contribution in [0.3, 0.4) is 0 Å². The molecule has 2 amide bonds. The van der Waals surface area contributed by atoms with Gasteiger partial charge in [0, 0.05) is 50.3 Å². The maximum atomic E-state index is 12.7. The molecule has 1 fully saturated rings. The molecule has 0 saturated carbocycles. The van der Waals surface area contributed by atoms with E-state index in [1.54, 1.807) is 36.7 Å². The highest BCUT2D eigenvalue weighted by Crippen LogP contribution is 2.14. The summed E-state index contributed by atoms with van der Waals surface area (Å²) in [5.74, 6) is 0.386. The van der Waals surface area contributed by atoms with Crippen molar-refractivity contribution in [3.05, 3.63) is 83.6 Å². The SMILES string of the molecule is O=C(Nc1ccc(CC(=O)N2CCN(c3ncccn3)CC2)cc1)c1ccc[n+]([O-])c1. The van der Waals surface area contributed by atoms with Gasteiger partial charge in [0.25, 0.3) is 5.91 Å². The maximum absolute atomic E-state index is 12.7. The van der Waals surface area contributed by atoms with Gasteiger partial charge in [0.05, 0.1) is 6.42 Å². The topological polar surface area (TPSA) is 105 Å². The highest BCUT2D eigenvalue weighted by atomic mass is 16.5. The lowest BCUT2D eigenvalue weighted by molar-refractivity contribution is -0.605. The number of nitrogens with zero attached hydrogens (tertiary/aromatic N) is 5. The largest absolute Gasteiger partial charge is 0.619 e. The van der Waals surface area contributed by atoms with Gasteiger partial charge < -0.3 is 20.3 Å². The van der Waals surface area contributed by atoms with Crippen LogP contribution in [0.4, 0.5) is 11.6 Å². The molecule has 3 heterocycles. The lowest BCUT2D eigenvalue weighted by Gasteiger charge is -2.34. The fourth-order valence-electron chi connectivity index (χ4n) is 3.39. The Balaban J connectivity index is 1.29. The number of hydrogen-bond donors (Lipinski definition) is 1. The molecule has 2 aromatic heterocycles. The van der Waals surface area contributed by atoms with E-state index in [9.17, 15) is 14.8 Å². The highest BCUT2D eigenvalue weighted by molar-refractivity contribution is 6.03. The number of carbonyl (C=O) groups is 2. The van der Waals surface area contributed by atoms with Crippen LogP contribution in [0.25, 0.3) is 0 Å². The molecule has 9 heteroatoms. The molecule has 1 saturated heterocycles. The molecule has 0 spiro atoms. The van der Waals surface area contributed by atoms with Crippen LogP contribution in [0.5, 0.6) is 0 Å². The van der Waals surface area contributed by atoms with E-state index in [0.29, 0.717) is 49.0 Å². The molecular formula is C22H22N6O3. The summed E-state index contributed by atoms with van der Waals surface area (Å²) < 4.78 is 0.580. The van der Waals surface area contributed by atoms with Crippen molar-refractivity contribution >= 4 is 23.5 Å². The average Bonchev–Trinajstić information content (AvgIpc) is 2.81. The first-order valence-electron chi connectivity index (χ1n) is 9.97. The van der Waals surface area contributed by atoms with E-state index in [0.717, 1.165) is 5.56 Å². The Kier molecular flexibility index (Phi) is 6.02. The Morgan fingerprint density at radius 1 is 1.00 bits per heavy atom. The third kappa shape index (κ3) is 5.13. The summed E-state index contributed by atoms with van der Waals surface area (Å²) in [7, 11) is 0. The fourth-order valence-corrected chi connectivity index (χ4v) is 3.39. The zero-order valence-electron chi connectivity index (χ0n) is 16.8. The van der Waals surface area contributed by atoms with Crippen molar-refractivity contribution in [2.45, 2.75) is 6.42 Å². The molecule has 1 aromatic carbocycles. The number of amides is 2. The maximum Gasteiger partial charge on any atom is 0.261 e. The number of nitrogens with one attached hydrogen (secondary N) is 1. The van der Waals surface area contributed by atoms with Crippen LogP contribution in [-0.2, 0) is 11.2 Å². The summed E-state index contributed by atoms with van der Waals surface area (Å²) in [5.41, 5.74) is 1.74. The van der Waals surface area contributed by atoms with Crippen LogP contribution in [0, 0.1) is 5.21 Å². The Morgan fingerprint density at radius 2 is 1.71 bits per heavy atom. The summed E-state index contributed by atoms with van der Waals surface area (Å²) in [6.07, 6.45) is 6.26. The molecule has 3 aromatic rings. The molecule has 31 heavy (non-hydrogen) atoms. The first-order chi connectivity index (χ1) is 15.1. The van der Waals surface area contributed by atoms with Crippen molar-refractivity contribution in [2.75, 3.05) is 36.4 Å². The van der Waals surface area contributed by atoms with E-state index in [2.05, 4.69) is 20.2 Å². The summed E-state index contributed by atoms with van der Waals surface area (Å²) in [6.45, 7) is 2.65. The zero-order chi connectivity index (χ0) is 21.6. The quantitative estimate of drug-likeness (QED) is 0.494. The van der Waals surface area contributed by atoms with E-state index >= 15 is 0 Å². The molecule has 0 unspecified atom stereocenters. The Labute approximate surface area is 179 Å². The molecule has 0 bridgehead atoms. The minimum absolute atomic E-state index is 0.0645. The average molecular weight is 418 g/mol. The van der Waals surface area contributed by atoms with Gasteiger partial charge in [0.2, 0.25) is 11.9 Å². The third-order valence-electron chi connectivity index (χ3n) is 5.07. The number of anilines is 2. The molecule has 4 rings (SSSR count). The van der Waals surface area contributed by atoms with Gasteiger partial charge in [-0.15, -0.1) is 0 Å². The van der Waals surface area contributed by atoms with Crippen LogP contribution in [0.1, 0.15) is 15.9 Å². The summed E-state index contributed by atoms with van der Waals surface area (Å²) in [6, 6.07) is 12.0. The van der Waals surface area contributed by atoms with Crippen molar-refractivity contribution in [1.29, 1.82) is 0 Å². The van der Waals surface area contributed by atoms with Crippen LogP contribution < -0.4 is 14.9 Å². The second-order valence-corrected chi connectivity index (χ2v) is 7.20. The summed E-state index contributed by atoms with van der Waals surface area (Å²) >= 11 is 0. The number of aromatic nitrogens is 3. The number of rotatable bonds is 5. The molecule has 0 aliphatic carbocycles. The van der Waals surface area contributed by atoms with E-state index in [1.165, 1.54) is 18.5 Å². The Bertz CT molecular complexity index is 1050. The molecule has 1 N–H and O–H groups in total. The van der Waals surface area contributed by atoms with Gasteiger partial charge in [0.15, 0.2) is 12.4 Å². The number of benzene rings is 1. The molecule has 158 valence electrons. The van der Waals surface area contributed by atoms with Gasteiger partial charge in [-0.1, -0.05) is 12.1 Å². The second kappa shape index (κ2) is 9.21. The minimum Gasteiger partial charge on any atom is -0.619 e.